The van der Waals surface area contributed by atoms with Crippen LogP contribution in [0.3, 0.4) is 0 Å². The second-order valence-corrected chi connectivity index (χ2v) is 3.31. The van der Waals surface area contributed by atoms with Gasteiger partial charge in [0, 0.05) is 5.39 Å². The molecule has 66 valence electrons. The molecule has 2 aromatic heterocycles. The molecule has 2 aromatic rings. The van der Waals surface area contributed by atoms with E-state index in [4.69, 9.17) is 23.2 Å². The second-order valence-electron chi connectivity index (χ2n) is 2.52. The standard InChI is InChI=1S/C8H4Cl2N2O/c9-5-3-4-1-2-6(10)11-7(4)12-8(5)13/h1-3H,(H,11,12,13). The number of nitrogens with one attached hydrogen (secondary N) is 1. The first-order chi connectivity index (χ1) is 6.16. The van der Waals surface area contributed by atoms with Gasteiger partial charge >= 0.3 is 0 Å². The van der Waals surface area contributed by atoms with Crippen molar-refractivity contribution < 1.29 is 0 Å². The largest absolute Gasteiger partial charge is 0.305 e. The van der Waals surface area contributed by atoms with Gasteiger partial charge in [0.15, 0.2) is 0 Å². The van der Waals surface area contributed by atoms with Crippen molar-refractivity contribution in [3.8, 4) is 0 Å². The molecule has 0 aromatic carbocycles. The van der Waals surface area contributed by atoms with E-state index in [0.29, 0.717) is 10.8 Å². The second kappa shape index (κ2) is 3.01. The monoisotopic (exact) mass is 214 g/mol. The van der Waals surface area contributed by atoms with Crippen molar-refractivity contribution >= 4 is 34.2 Å². The minimum absolute atomic E-state index is 0.150. The SMILES string of the molecule is O=c1[nH]c2nc(Cl)ccc2cc1Cl. The van der Waals surface area contributed by atoms with E-state index in [0.717, 1.165) is 5.39 Å². The van der Waals surface area contributed by atoms with E-state index in [1.165, 1.54) is 0 Å². The van der Waals surface area contributed by atoms with Crippen molar-refractivity contribution in [3.05, 3.63) is 38.7 Å². The lowest BCUT2D eigenvalue weighted by molar-refractivity contribution is 1.23. The van der Waals surface area contributed by atoms with Crippen molar-refractivity contribution in [2.45, 2.75) is 0 Å². The third kappa shape index (κ3) is 1.53. The third-order valence-corrected chi connectivity index (χ3v) is 2.11. The fourth-order valence-corrected chi connectivity index (χ4v) is 1.34. The van der Waals surface area contributed by atoms with Crippen LogP contribution in [-0.4, -0.2) is 9.97 Å². The lowest BCUT2D eigenvalue weighted by atomic mass is 10.3. The summed E-state index contributed by atoms with van der Waals surface area (Å²) in [7, 11) is 0. The Hall–Kier alpha value is -1.06. The molecule has 0 aliphatic rings. The number of hydrogen-bond donors (Lipinski definition) is 1. The minimum Gasteiger partial charge on any atom is -0.305 e. The van der Waals surface area contributed by atoms with Crippen LogP contribution in [0.15, 0.2) is 23.0 Å². The molecule has 2 heterocycles. The fraction of sp³-hybridized carbons (Fsp3) is 0. The van der Waals surface area contributed by atoms with Crippen LogP contribution in [0.4, 0.5) is 0 Å². The van der Waals surface area contributed by atoms with Crippen LogP contribution in [0.5, 0.6) is 0 Å². The molecule has 0 saturated carbocycles. The predicted molar refractivity (Wildman–Crippen MR) is 52.4 cm³/mol. The van der Waals surface area contributed by atoms with Gasteiger partial charge in [-0.05, 0) is 18.2 Å². The number of pyridine rings is 2. The van der Waals surface area contributed by atoms with Crippen LogP contribution in [0.25, 0.3) is 11.0 Å². The summed E-state index contributed by atoms with van der Waals surface area (Å²) in [6.45, 7) is 0. The highest BCUT2D eigenvalue weighted by atomic mass is 35.5. The highest BCUT2D eigenvalue weighted by Gasteiger charge is 2.00. The molecule has 2 rings (SSSR count). The topological polar surface area (TPSA) is 45.8 Å². The average molecular weight is 215 g/mol. The molecule has 0 unspecified atom stereocenters. The smallest absolute Gasteiger partial charge is 0.268 e. The number of rotatable bonds is 0. The minimum atomic E-state index is -0.357. The highest BCUT2D eigenvalue weighted by molar-refractivity contribution is 6.31. The number of fused-ring (bicyclic) bond motifs is 1. The highest BCUT2D eigenvalue weighted by Crippen LogP contribution is 2.14. The van der Waals surface area contributed by atoms with Gasteiger partial charge in [0.2, 0.25) is 0 Å². The van der Waals surface area contributed by atoms with Crippen molar-refractivity contribution in [3.63, 3.8) is 0 Å². The van der Waals surface area contributed by atoms with E-state index < -0.39 is 0 Å². The summed E-state index contributed by atoms with van der Waals surface area (Å²) in [6.07, 6.45) is 0. The van der Waals surface area contributed by atoms with Gasteiger partial charge in [-0.1, -0.05) is 23.2 Å². The lowest BCUT2D eigenvalue weighted by Crippen LogP contribution is -2.06. The zero-order chi connectivity index (χ0) is 9.42. The molecule has 0 amide bonds. The summed E-state index contributed by atoms with van der Waals surface area (Å²) in [6, 6.07) is 4.93. The van der Waals surface area contributed by atoms with E-state index in [1.54, 1.807) is 18.2 Å². The normalized spacial score (nSPS) is 10.6. The quantitative estimate of drug-likeness (QED) is 0.685. The van der Waals surface area contributed by atoms with E-state index in [1.807, 2.05) is 0 Å². The van der Waals surface area contributed by atoms with Crippen LogP contribution >= 0.6 is 23.2 Å². The Morgan fingerprint density at radius 3 is 2.85 bits per heavy atom. The maximum absolute atomic E-state index is 11.1. The Morgan fingerprint density at radius 2 is 2.08 bits per heavy atom. The van der Waals surface area contributed by atoms with Crippen LogP contribution in [0.2, 0.25) is 10.2 Å². The van der Waals surface area contributed by atoms with Gasteiger partial charge < -0.3 is 4.98 Å². The molecular weight excluding hydrogens is 211 g/mol. The lowest BCUT2D eigenvalue weighted by Gasteiger charge is -1.97. The van der Waals surface area contributed by atoms with Crippen molar-refractivity contribution in [2.75, 3.05) is 0 Å². The van der Waals surface area contributed by atoms with Crippen molar-refractivity contribution in [1.29, 1.82) is 0 Å². The first kappa shape index (κ1) is 8.53. The number of aromatic nitrogens is 2. The van der Waals surface area contributed by atoms with Crippen molar-refractivity contribution in [1.82, 2.24) is 9.97 Å². The summed E-state index contributed by atoms with van der Waals surface area (Å²) < 4.78 is 0. The molecule has 0 aliphatic heterocycles. The van der Waals surface area contributed by atoms with Gasteiger partial charge in [-0.3, -0.25) is 4.79 Å². The molecule has 0 bridgehead atoms. The van der Waals surface area contributed by atoms with Gasteiger partial charge in [0.1, 0.15) is 15.8 Å². The molecule has 0 fully saturated rings. The molecule has 5 heteroatoms. The Balaban J connectivity index is 2.89. The predicted octanol–water partition coefficient (Wildman–Crippen LogP) is 2.23. The molecule has 0 aliphatic carbocycles. The number of aromatic amines is 1. The Kier molecular flexibility index (Phi) is 1.98. The van der Waals surface area contributed by atoms with Crippen LogP contribution < -0.4 is 5.56 Å². The van der Waals surface area contributed by atoms with E-state index in [-0.39, 0.29) is 10.6 Å². The molecular formula is C8H4Cl2N2O. The van der Waals surface area contributed by atoms with Crippen LogP contribution in [0, 0.1) is 0 Å². The Bertz CT molecular complexity index is 521. The number of halogens is 2. The van der Waals surface area contributed by atoms with Crippen molar-refractivity contribution in [2.24, 2.45) is 0 Å². The van der Waals surface area contributed by atoms with Gasteiger partial charge in [0.05, 0.1) is 0 Å². The molecule has 0 atom stereocenters. The van der Waals surface area contributed by atoms with Gasteiger partial charge in [-0.2, -0.15) is 0 Å². The Morgan fingerprint density at radius 1 is 1.31 bits per heavy atom. The van der Waals surface area contributed by atoms with Crippen LogP contribution in [-0.2, 0) is 0 Å². The average Bonchev–Trinajstić information content (AvgIpc) is 2.08. The zero-order valence-corrected chi connectivity index (χ0v) is 7.86. The van der Waals surface area contributed by atoms with E-state index >= 15 is 0 Å². The third-order valence-electron chi connectivity index (χ3n) is 1.62. The van der Waals surface area contributed by atoms with Gasteiger partial charge in [-0.15, -0.1) is 0 Å². The zero-order valence-electron chi connectivity index (χ0n) is 6.34. The summed E-state index contributed by atoms with van der Waals surface area (Å²) in [5, 5.41) is 1.25. The summed E-state index contributed by atoms with van der Waals surface area (Å²) >= 11 is 11.3. The number of nitrogens with zero attached hydrogens (tertiary/aromatic N) is 1. The Labute approximate surface area is 83.3 Å². The number of H-pyrrole nitrogens is 1. The molecule has 3 nitrogen and oxygen atoms in total. The maximum Gasteiger partial charge on any atom is 0.268 e. The summed E-state index contributed by atoms with van der Waals surface area (Å²) in [5.41, 5.74) is 0.0887. The molecule has 0 saturated heterocycles. The van der Waals surface area contributed by atoms with Gasteiger partial charge in [-0.25, -0.2) is 4.98 Å². The van der Waals surface area contributed by atoms with Crippen LogP contribution in [0.1, 0.15) is 0 Å². The maximum atomic E-state index is 11.1. The first-order valence-electron chi connectivity index (χ1n) is 3.52. The molecule has 13 heavy (non-hydrogen) atoms. The van der Waals surface area contributed by atoms with Gasteiger partial charge in [0.25, 0.3) is 5.56 Å². The van der Waals surface area contributed by atoms with E-state index in [9.17, 15) is 4.79 Å². The summed E-state index contributed by atoms with van der Waals surface area (Å²) in [4.78, 5) is 17.5. The molecule has 1 N–H and O–H groups in total. The molecule has 0 radical (unpaired) electrons. The molecule has 0 spiro atoms. The number of hydrogen-bond acceptors (Lipinski definition) is 2. The first-order valence-corrected chi connectivity index (χ1v) is 4.27. The summed E-state index contributed by atoms with van der Waals surface area (Å²) in [5.74, 6) is 0. The fourth-order valence-electron chi connectivity index (χ4n) is 1.03. The van der Waals surface area contributed by atoms with E-state index in [2.05, 4.69) is 9.97 Å².